The smallest absolute Gasteiger partial charge is 0.271 e. The first-order chi connectivity index (χ1) is 10.1. The summed E-state index contributed by atoms with van der Waals surface area (Å²) >= 11 is 6.05. The molecule has 2 rings (SSSR count). The first kappa shape index (κ1) is 15.4. The second kappa shape index (κ2) is 7.11. The van der Waals surface area contributed by atoms with Crippen molar-refractivity contribution in [2.75, 3.05) is 20.3 Å². The predicted molar refractivity (Wildman–Crippen MR) is 76.6 cm³/mol. The summed E-state index contributed by atoms with van der Waals surface area (Å²) in [5.41, 5.74) is 1.07. The van der Waals surface area contributed by atoms with Crippen molar-refractivity contribution in [2.24, 2.45) is 0 Å². The molecule has 0 saturated carbocycles. The number of non-ortho nitro benzene ring substituents is 1. The molecule has 2 aromatic rings. The molecule has 0 aliphatic rings. The van der Waals surface area contributed by atoms with Crippen molar-refractivity contribution in [3.63, 3.8) is 0 Å². The lowest BCUT2D eigenvalue weighted by atomic mass is 10.3. The van der Waals surface area contributed by atoms with Gasteiger partial charge in [0.1, 0.15) is 0 Å². The van der Waals surface area contributed by atoms with Gasteiger partial charge in [0.2, 0.25) is 0 Å². The number of nitro benzene ring substituents is 1. The van der Waals surface area contributed by atoms with E-state index in [4.69, 9.17) is 16.3 Å². The quantitative estimate of drug-likeness (QED) is 0.474. The van der Waals surface area contributed by atoms with Crippen LogP contribution in [0.3, 0.4) is 0 Å². The minimum atomic E-state index is -0.482. The number of aromatic nitrogens is 3. The van der Waals surface area contributed by atoms with Gasteiger partial charge in [-0.3, -0.25) is 10.1 Å². The van der Waals surface area contributed by atoms with E-state index in [2.05, 4.69) is 15.6 Å². The van der Waals surface area contributed by atoms with Gasteiger partial charge in [-0.15, -0.1) is 5.10 Å². The molecule has 1 aromatic heterocycles. The molecule has 9 heteroatoms. The van der Waals surface area contributed by atoms with Gasteiger partial charge in [0.15, 0.2) is 0 Å². The fourth-order valence-electron chi connectivity index (χ4n) is 1.68. The van der Waals surface area contributed by atoms with E-state index in [9.17, 15) is 10.1 Å². The number of rotatable bonds is 7. The van der Waals surface area contributed by atoms with E-state index < -0.39 is 4.92 Å². The molecule has 1 aromatic carbocycles. The normalized spacial score (nSPS) is 10.8. The van der Waals surface area contributed by atoms with Crippen LogP contribution in [0.5, 0.6) is 0 Å². The Bertz CT molecular complexity index is 631. The van der Waals surface area contributed by atoms with E-state index in [1.165, 1.54) is 22.9 Å². The zero-order valence-electron chi connectivity index (χ0n) is 11.3. The van der Waals surface area contributed by atoms with Gasteiger partial charge in [-0.05, 0) is 6.07 Å². The average molecular weight is 312 g/mol. The Morgan fingerprint density at radius 2 is 2.33 bits per heavy atom. The van der Waals surface area contributed by atoms with E-state index >= 15 is 0 Å². The summed E-state index contributed by atoms with van der Waals surface area (Å²) in [6.45, 7) is 1.82. The van der Waals surface area contributed by atoms with Gasteiger partial charge in [-0.25, -0.2) is 4.68 Å². The minimum Gasteiger partial charge on any atom is -0.383 e. The van der Waals surface area contributed by atoms with Crippen molar-refractivity contribution < 1.29 is 9.66 Å². The summed E-state index contributed by atoms with van der Waals surface area (Å²) in [4.78, 5) is 10.3. The highest BCUT2D eigenvalue weighted by Crippen LogP contribution is 2.24. The van der Waals surface area contributed by atoms with Crippen LogP contribution in [-0.4, -0.2) is 40.2 Å². The van der Waals surface area contributed by atoms with Gasteiger partial charge >= 0.3 is 0 Å². The van der Waals surface area contributed by atoms with Gasteiger partial charge in [0.25, 0.3) is 5.69 Å². The van der Waals surface area contributed by atoms with Crippen LogP contribution in [0.1, 0.15) is 5.69 Å². The maximum atomic E-state index is 10.8. The molecule has 21 heavy (non-hydrogen) atoms. The first-order valence-electron chi connectivity index (χ1n) is 6.17. The summed E-state index contributed by atoms with van der Waals surface area (Å²) in [7, 11) is 1.63. The van der Waals surface area contributed by atoms with Crippen LogP contribution in [0.2, 0.25) is 5.02 Å². The lowest BCUT2D eigenvalue weighted by molar-refractivity contribution is -0.384. The molecule has 0 bridgehead atoms. The molecule has 0 aliphatic heterocycles. The van der Waals surface area contributed by atoms with Gasteiger partial charge in [-0.2, -0.15) is 0 Å². The molecular weight excluding hydrogens is 298 g/mol. The second-order valence-electron chi connectivity index (χ2n) is 4.22. The molecule has 0 amide bonds. The number of hydrogen-bond acceptors (Lipinski definition) is 6. The third-order valence-corrected chi connectivity index (χ3v) is 3.04. The van der Waals surface area contributed by atoms with Gasteiger partial charge in [0.05, 0.1) is 34.1 Å². The van der Waals surface area contributed by atoms with E-state index in [-0.39, 0.29) is 5.69 Å². The second-order valence-corrected chi connectivity index (χ2v) is 4.62. The standard InChI is InChI=1S/C12H14ClN5O3/c1-21-5-4-14-7-9-8-17(16-15-9)12-6-10(18(19)20)2-3-11(12)13/h2-3,6,8,14H,4-5,7H2,1H3. The molecule has 0 atom stereocenters. The number of nitrogens with zero attached hydrogens (tertiary/aromatic N) is 4. The van der Waals surface area contributed by atoms with Crippen LogP contribution in [0.4, 0.5) is 5.69 Å². The predicted octanol–water partition coefficient (Wildman–Crippen LogP) is 1.56. The van der Waals surface area contributed by atoms with Crippen LogP contribution < -0.4 is 5.32 Å². The Morgan fingerprint density at radius 1 is 1.52 bits per heavy atom. The number of halogens is 1. The molecule has 1 N–H and O–H groups in total. The summed E-state index contributed by atoms with van der Waals surface area (Å²) in [5, 5.41) is 22.2. The minimum absolute atomic E-state index is 0.0512. The van der Waals surface area contributed by atoms with Crippen molar-refractivity contribution in [3.05, 3.63) is 45.2 Å². The number of methoxy groups -OCH3 is 1. The lowest BCUT2D eigenvalue weighted by Gasteiger charge is -2.03. The van der Waals surface area contributed by atoms with E-state index in [0.717, 1.165) is 0 Å². The SMILES string of the molecule is COCCNCc1cn(-c2cc([N+](=O)[O-])ccc2Cl)nn1. The lowest BCUT2D eigenvalue weighted by Crippen LogP contribution is -2.18. The zero-order chi connectivity index (χ0) is 15.2. The Morgan fingerprint density at radius 3 is 3.05 bits per heavy atom. The monoisotopic (exact) mass is 311 g/mol. The van der Waals surface area contributed by atoms with E-state index in [1.54, 1.807) is 13.3 Å². The molecule has 1 heterocycles. The van der Waals surface area contributed by atoms with Crippen LogP contribution in [0, 0.1) is 10.1 Å². The van der Waals surface area contributed by atoms with E-state index in [1.807, 2.05) is 0 Å². The Balaban J connectivity index is 2.13. The summed E-state index contributed by atoms with van der Waals surface area (Å²) < 4.78 is 6.34. The van der Waals surface area contributed by atoms with Crippen molar-refractivity contribution in [1.82, 2.24) is 20.3 Å². The largest absolute Gasteiger partial charge is 0.383 e. The number of benzene rings is 1. The van der Waals surface area contributed by atoms with Crippen molar-refractivity contribution in [2.45, 2.75) is 6.54 Å². The van der Waals surface area contributed by atoms with Crippen LogP contribution in [0.25, 0.3) is 5.69 Å². The van der Waals surface area contributed by atoms with Gasteiger partial charge in [0, 0.05) is 32.3 Å². The third-order valence-electron chi connectivity index (χ3n) is 2.72. The zero-order valence-corrected chi connectivity index (χ0v) is 12.1. The maximum Gasteiger partial charge on any atom is 0.271 e. The maximum absolute atomic E-state index is 10.8. The molecule has 0 saturated heterocycles. The van der Waals surface area contributed by atoms with Gasteiger partial charge in [-0.1, -0.05) is 16.8 Å². The third kappa shape index (κ3) is 3.97. The summed E-state index contributed by atoms with van der Waals surface area (Å²) in [5.74, 6) is 0. The molecule has 0 radical (unpaired) electrons. The highest BCUT2D eigenvalue weighted by Gasteiger charge is 2.12. The molecule has 0 fully saturated rings. The molecule has 0 unspecified atom stereocenters. The number of nitro groups is 1. The average Bonchev–Trinajstić information content (AvgIpc) is 2.92. The molecule has 0 spiro atoms. The number of hydrogen-bond donors (Lipinski definition) is 1. The highest BCUT2D eigenvalue weighted by molar-refractivity contribution is 6.32. The fraction of sp³-hybridized carbons (Fsp3) is 0.333. The van der Waals surface area contributed by atoms with E-state index in [0.29, 0.717) is 36.1 Å². The van der Waals surface area contributed by atoms with Crippen molar-refractivity contribution >= 4 is 17.3 Å². The number of ether oxygens (including phenoxy) is 1. The highest BCUT2D eigenvalue weighted by atomic mass is 35.5. The molecular formula is C12H14ClN5O3. The van der Waals surface area contributed by atoms with Crippen LogP contribution in [-0.2, 0) is 11.3 Å². The number of nitrogens with one attached hydrogen (secondary N) is 1. The van der Waals surface area contributed by atoms with Crippen LogP contribution in [0.15, 0.2) is 24.4 Å². The Hall–Kier alpha value is -2.03. The Kier molecular flexibility index (Phi) is 5.20. The fourth-order valence-corrected chi connectivity index (χ4v) is 1.88. The summed E-state index contributed by atoms with van der Waals surface area (Å²) in [6, 6.07) is 4.17. The van der Waals surface area contributed by atoms with Gasteiger partial charge < -0.3 is 10.1 Å². The molecule has 0 aliphatic carbocycles. The van der Waals surface area contributed by atoms with Crippen molar-refractivity contribution in [3.8, 4) is 5.69 Å². The Labute approximate surface area is 125 Å². The van der Waals surface area contributed by atoms with Crippen molar-refractivity contribution in [1.29, 1.82) is 0 Å². The topological polar surface area (TPSA) is 95.1 Å². The first-order valence-corrected chi connectivity index (χ1v) is 6.55. The molecule has 112 valence electrons. The molecule has 8 nitrogen and oxygen atoms in total. The van der Waals surface area contributed by atoms with Crippen LogP contribution >= 0.6 is 11.6 Å². The summed E-state index contributed by atoms with van der Waals surface area (Å²) in [6.07, 6.45) is 1.67.